The summed E-state index contributed by atoms with van der Waals surface area (Å²) in [6.45, 7) is 22.5. The molecule has 0 fully saturated rings. The van der Waals surface area contributed by atoms with Crippen molar-refractivity contribution in [3.05, 3.63) is 50.1 Å². The van der Waals surface area contributed by atoms with Crippen molar-refractivity contribution in [1.82, 2.24) is 0 Å². The van der Waals surface area contributed by atoms with Crippen LogP contribution in [0.15, 0.2) is 29.2 Å². The number of fused-ring (bicyclic) bond motifs is 3. The molecule has 5 heteroatoms. The minimum Gasteiger partial charge on any atom is -0.219 e. The molecule has 44 heavy (non-hydrogen) atoms. The second-order valence-electron chi connectivity index (χ2n) is 15.1. The first-order chi connectivity index (χ1) is 20.8. The van der Waals surface area contributed by atoms with Gasteiger partial charge in [0, 0.05) is 30.3 Å². The van der Waals surface area contributed by atoms with Gasteiger partial charge in [-0.05, 0) is 78.3 Å². The quantitative estimate of drug-likeness (QED) is 0.180. The average Bonchev–Trinajstić information content (AvgIpc) is 3.74. The molecule has 1 aliphatic carbocycles. The summed E-state index contributed by atoms with van der Waals surface area (Å²) in [4.78, 5) is 6.30. The normalized spacial score (nSPS) is 20.8. The van der Waals surface area contributed by atoms with E-state index in [1.165, 1.54) is 84.4 Å². The van der Waals surface area contributed by atoms with Gasteiger partial charge in [0.15, 0.2) is 0 Å². The molecule has 3 heterocycles. The molecule has 1 aliphatic heterocycles. The van der Waals surface area contributed by atoms with Crippen LogP contribution in [0.1, 0.15) is 167 Å². The predicted octanol–water partition coefficient (Wildman–Crippen LogP) is 13.1. The number of allylic oxidation sites excluding steroid dienone is 3. The maximum atomic E-state index is 13.9. The molecular formula is C39H60O2S3. The molecule has 0 saturated heterocycles. The van der Waals surface area contributed by atoms with Crippen LogP contribution in [0.3, 0.4) is 0 Å². The lowest BCUT2D eigenvalue weighted by atomic mass is 9.65. The summed E-state index contributed by atoms with van der Waals surface area (Å²) in [5.74, 6) is 1.33. The van der Waals surface area contributed by atoms with E-state index in [0.717, 1.165) is 17.7 Å². The van der Waals surface area contributed by atoms with Crippen molar-refractivity contribution < 1.29 is 8.42 Å². The fraction of sp³-hybridized carbons (Fsp3) is 0.692. The molecule has 0 N–H and O–H groups in total. The van der Waals surface area contributed by atoms with Gasteiger partial charge in [0.2, 0.25) is 9.84 Å². The Balaban J connectivity index is 1.95. The van der Waals surface area contributed by atoms with Crippen molar-refractivity contribution in [2.24, 2.45) is 17.3 Å². The van der Waals surface area contributed by atoms with Crippen molar-refractivity contribution in [1.29, 1.82) is 0 Å². The van der Waals surface area contributed by atoms with E-state index in [0.29, 0.717) is 21.6 Å². The van der Waals surface area contributed by atoms with Crippen LogP contribution in [-0.2, 0) is 20.7 Å². The molecule has 0 spiro atoms. The summed E-state index contributed by atoms with van der Waals surface area (Å²) in [7, 11) is -3.51. The van der Waals surface area contributed by atoms with Crippen LogP contribution in [0.5, 0.6) is 0 Å². The van der Waals surface area contributed by atoms with Gasteiger partial charge >= 0.3 is 0 Å². The Kier molecular flexibility index (Phi) is 11.3. The fourth-order valence-electron chi connectivity index (χ4n) is 7.70. The van der Waals surface area contributed by atoms with Crippen molar-refractivity contribution in [3.8, 4) is 9.75 Å². The number of sulfone groups is 1. The zero-order valence-corrected chi connectivity index (χ0v) is 31.9. The van der Waals surface area contributed by atoms with Crippen molar-refractivity contribution >= 4 is 37.4 Å². The highest BCUT2D eigenvalue weighted by Gasteiger charge is 2.49. The van der Waals surface area contributed by atoms with Crippen molar-refractivity contribution in [3.63, 3.8) is 0 Å². The lowest BCUT2D eigenvalue weighted by molar-refractivity contribution is 0.266. The molecule has 2 aromatic heterocycles. The highest BCUT2D eigenvalue weighted by Crippen LogP contribution is 2.63. The van der Waals surface area contributed by atoms with Gasteiger partial charge in [-0.15, -0.1) is 22.7 Å². The van der Waals surface area contributed by atoms with Crippen LogP contribution in [0.4, 0.5) is 0 Å². The summed E-state index contributed by atoms with van der Waals surface area (Å²) in [5.41, 5.74) is 2.71. The zero-order valence-electron chi connectivity index (χ0n) is 29.5. The van der Waals surface area contributed by atoms with Crippen LogP contribution >= 0.6 is 22.7 Å². The Morgan fingerprint density at radius 1 is 0.750 bits per heavy atom. The molecule has 0 bridgehead atoms. The van der Waals surface area contributed by atoms with Crippen LogP contribution in [-0.4, -0.2) is 8.42 Å². The summed E-state index contributed by atoms with van der Waals surface area (Å²) in [6, 6.07) is 4.97. The molecule has 0 radical (unpaired) electrons. The highest BCUT2D eigenvalue weighted by atomic mass is 32.2. The highest BCUT2D eigenvalue weighted by molar-refractivity contribution is 8.04. The van der Waals surface area contributed by atoms with Crippen molar-refractivity contribution in [2.45, 2.75) is 157 Å². The summed E-state index contributed by atoms with van der Waals surface area (Å²) in [6.07, 6.45) is 18.3. The molecule has 2 atom stereocenters. The minimum atomic E-state index is -3.51. The molecule has 0 aromatic carbocycles. The van der Waals surface area contributed by atoms with Gasteiger partial charge in [-0.2, -0.15) is 0 Å². The molecule has 0 saturated carbocycles. The Labute approximate surface area is 278 Å². The first-order valence-electron chi connectivity index (χ1n) is 17.7. The zero-order chi connectivity index (χ0) is 32.5. The Morgan fingerprint density at radius 2 is 1.27 bits per heavy atom. The van der Waals surface area contributed by atoms with E-state index in [9.17, 15) is 8.42 Å². The van der Waals surface area contributed by atoms with E-state index in [2.05, 4.69) is 60.6 Å². The third-order valence-corrected chi connectivity index (χ3v) is 16.3. The molecule has 2 unspecified atom stereocenters. The van der Waals surface area contributed by atoms with E-state index < -0.39 is 15.3 Å². The second-order valence-corrected chi connectivity index (χ2v) is 19.1. The van der Waals surface area contributed by atoms with Crippen LogP contribution in [0, 0.1) is 17.3 Å². The third kappa shape index (κ3) is 6.50. The molecule has 2 aliphatic rings. The Hall–Kier alpha value is -1.17. The topological polar surface area (TPSA) is 34.1 Å². The van der Waals surface area contributed by atoms with Crippen LogP contribution in [0.2, 0.25) is 0 Å². The van der Waals surface area contributed by atoms with Crippen LogP contribution in [0.25, 0.3) is 14.7 Å². The van der Waals surface area contributed by atoms with E-state index in [4.69, 9.17) is 0 Å². The van der Waals surface area contributed by atoms with Gasteiger partial charge in [-0.25, -0.2) is 8.42 Å². The van der Waals surface area contributed by atoms with E-state index in [-0.39, 0.29) is 10.8 Å². The van der Waals surface area contributed by atoms with Gasteiger partial charge in [0.05, 0.1) is 9.81 Å². The fourth-order valence-corrected chi connectivity index (χ4v) is 12.9. The van der Waals surface area contributed by atoms with Gasteiger partial charge in [0.25, 0.3) is 0 Å². The average molecular weight is 657 g/mol. The Bertz CT molecular complexity index is 1430. The number of thiophene rings is 2. The molecule has 4 rings (SSSR count). The summed E-state index contributed by atoms with van der Waals surface area (Å²) >= 11 is 3.77. The molecule has 2 nitrogen and oxygen atoms in total. The Morgan fingerprint density at radius 3 is 1.73 bits per heavy atom. The lowest BCUT2D eigenvalue weighted by Gasteiger charge is -2.38. The van der Waals surface area contributed by atoms with Gasteiger partial charge < -0.3 is 0 Å². The second kappa shape index (κ2) is 13.9. The third-order valence-electron chi connectivity index (χ3n) is 11.2. The van der Waals surface area contributed by atoms with Gasteiger partial charge in [-0.3, -0.25) is 0 Å². The largest absolute Gasteiger partial charge is 0.219 e. The predicted molar refractivity (Wildman–Crippen MR) is 197 cm³/mol. The van der Waals surface area contributed by atoms with Gasteiger partial charge in [0.1, 0.15) is 0 Å². The number of rotatable bonds is 16. The maximum Gasteiger partial charge on any atom is 0.204 e. The monoisotopic (exact) mass is 656 g/mol. The van der Waals surface area contributed by atoms with Crippen molar-refractivity contribution in [2.75, 3.05) is 0 Å². The summed E-state index contributed by atoms with van der Waals surface area (Å²) < 4.78 is 27.9. The molecular weight excluding hydrogens is 597 g/mol. The van der Waals surface area contributed by atoms with E-state index >= 15 is 0 Å². The molecule has 246 valence electrons. The first kappa shape index (κ1) is 35.7. The van der Waals surface area contributed by atoms with Crippen LogP contribution < -0.4 is 0 Å². The van der Waals surface area contributed by atoms with E-state index in [1.807, 2.05) is 44.3 Å². The molecule has 2 aromatic rings. The SMILES string of the molecule is CCCCC(CC)CC1(CC(CC)CCCC)c2cc(C3=CC=C(C(C)(C)C)S3(=O)=O)sc2-c2sc(C(C)(CC)CC)cc21. The minimum absolute atomic E-state index is 0.0530. The first-order valence-corrected chi connectivity index (χ1v) is 20.8. The number of unbranched alkanes of at least 4 members (excludes halogenated alkanes) is 2. The lowest BCUT2D eigenvalue weighted by Crippen LogP contribution is -2.31. The molecule has 0 amide bonds. The summed E-state index contributed by atoms with van der Waals surface area (Å²) in [5, 5.41) is 0. The van der Waals surface area contributed by atoms with Gasteiger partial charge in [-0.1, -0.05) is 121 Å². The number of hydrogen-bond acceptors (Lipinski definition) is 4. The standard InChI is InChI=1S/C39H60O2S3/c1-11-17-19-27(13-3)25-39(26-28(14-4)20-18-12-2)29-23-31(32-21-22-34(37(7,8)9)44(32,40)41)42-35(29)36-30(39)24-33(43-36)38(10,15-5)16-6/h21-24,27-28H,11-20,25-26H2,1-10H3. The maximum absolute atomic E-state index is 13.9. The number of hydrogen-bond donors (Lipinski definition) is 0. The van der Waals surface area contributed by atoms with E-state index in [1.54, 1.807) is 16.9 Å². The smallest absolute Gasteiger partial charge is 0.204 e.